The van der Waals surface area contributed by atoms with Crippen LogP contribution in [0.5, 0.6) is 0 Å². The number of benzene rings is 1. The Morgan fingerprint density at radius 2 is 1.68 bits per heavy atom. The first-order valence-electron chi connectivity index (χ1n) is 7.23. The third kappa shape index (κ3) is 2.58. The Morgan fingerprint density at radius 1 is 1.04 bits per heavy atom. The van der Waals surface area contributed by atoms with Crippen molar-refractivity contribution in [2.24, 2.45) is 21.1 Å². The molecule has 0 N–H and O–H groups in total. The monoisotopic (exact) mass is 366 g/mol. The SMILES string of the molecule is Cn1c(=O)c2c(nc(S(=O)(=O)Cc3ccccc3F)n2C)n(C)c1=O. The van der Waals surface area contributed by atoms with Gasteiger partial charge in [-0.1, -0.05) is 18.2 Å². The molecule has 3 aromatic rings. The molecule has 1 aromatic carbocycles. The van der Waals surface area contributed by atoms with Crippen molar-refractivity contribution in [3.8, 4) is 0 Å². The van der Waals surface area contributed by atoms with Gasteiger partial charge in [0.25, 0.3) is 5.56 Å². The van der Waals surface area contributed by atoms with Crippen molar-refractivity contribution >= 4 is 21.0 Å². The summed E-state index contributed by atoms with van der Waals surface area (Å²) < 4.78 is 42.3. The van der Waals surface area contributed by atoms with E-state index in [-0.39, 0.29) is 16.7 Å². The van der Waals surface area contributed by atoms with E-state index in [4.69, 9.17) is 0 Å². The van der Waals surface area contributed by atoms with E-state index >= 15 is 0 Å². The predicted molar refractivity (Wildman–Crippen MR) is 88.5 cm³/mol. The molecule has 8 nitrogen and oxygen atoms in total. The Hall–Kier alpha value is -2.75. The molecule has 0 amide bonds. The van der Waals surface area contributed by atoms with Crippen molar-refractivity contribution in [1.82, 2.24) is 18.7 Å². The minimum Gasteiger partial charge on any atom is -0.312 e. The first kappa shape index (κ1) is 17.1. The highest BCUT2D eigenvalue weighted by atomic mass is 32.2. The van der Waals surface area contributed by atoms with Crippen LogP contribution in [0.3, 0.4) is 0 Å². The molecular weight excluding hydrogens is 351 g/mol. The molecule has 2 heterocycles. The smallest absolute Gasteiger partial charge is 0.312 e. The number of aryl methyl sites for hydroxylation is 2. The van der Waals surface area contributed by atoms with Gasteiger partial charge >= 0.3 is 5.69 Å². The lowest BCUT2D eigenvalue weighted by molar-refractivity contribution is 0.574. The second-order valence-corrected chi connectivity index (χ2v) is 7.57. The van der Waals surface area contributed by atoms with Crippen molar-refractivity contribution in [2.45, 2.75) is 10.9 Å². The molecule has 10 heteroatoms. The number of rotatable bonds is 3. The van der Waals surface area contributed by atoms with E-state index in [2.05, 4.69) is 4.98 Å². The zero-order valence-electron chi connectivity index (χ0n) is 13.7. The van der Waals surface area contributed by atoms with Gasteiger partial charge in [0.2, 0.25) is 15.0 Å². The summed E-state index contributed by atoms with van der Waals surface area (Å²) in [5, 5.41) is -0.399. The van der Waals surface area contributed by atoms with Crippen LogP contribution in [-0.2, 0) is 36.7 Å². The van der Waals surface area contributed by atoms with Gasteiger partial charge in [-0.3, -0.25) is 13.9 Å². The summed E-state index contributed by atoms with van der Waals surface area (Å²) in [4.78, 5) is 28.3. The molecule has 3 rings (SSSR count). The van der Waals surface area contributed by atoms with E-state index in [9.17, 15) is 22.4 Å². The normalized spacial score (nSPS) is 12.0. The Kier molecular flexibility index (Phi) is 3.87. The molecule has 0 aliphatic heterocycles. The van der Waals surface area contributed by atoms with Gasteiger partial charge in [0.1, 0.15) is 5.82 Å². The van der Waals surface area contributed by atoms with Crippen LogP contribution in [0.25, 0.3) is 11.2 Å². The summed E-state index contributed by atoms with van der Waals surface area (Å²) in [7, 11) is 0.0207. The summed E-state index contributed by atoms with van der Waals surface area (Å²) in [6.45, 7) is 0. The molecule has 0 aliphatic rings. The third-order valence-corrected chi connectivity index (χ3v) is 5.63. The van der Waals surface area contributed by atoms with E-state index in [1.165, 1.54) is 45.4 Å². The van der Waals surface area contributed by atoms with Gasteiger partial charge in [0.15, 0.2) is 11.2 Å². The van der Waals surface area contributed by atoms with E-state index in [0.29, 0.717) is 0 Å². The highest BCUT2D eigenvalue weighted by Crippen LogP contribution is 2.20. The topological polar surface area (TPSA) is 96.0 Å². The van der Waals surface area contributed by atoms with Gasteiger partial charge in [0.05, 0.1) is 5.75 Å². The summed E-state index contributed by atoms with van der Waals surface area (Å²) in [5.41, 5.74) is -1.33. The first-order valence-corrected chi connectivity index (χ1v) is 8.89. The molecule has 0 aliphatic carbocycles. The molecule has 132 valence electrons. The zero-order chi connectivity index (χ0) is 18.5. The molecule has 0 atom stereocenters. The number of fused-ring (bicyclic) bond motifs is 1. The third-order valence-electron chi connectivity index (χ3n) is 4.02. The average molecular weight is 366 g/mol. The minimum absolute atomic E-state index is 0.00338. The fourth-order valence-corrected chi connectivity index (χ4v) is 4.17. The van der Waals surface area contributed by atoms with Crippen LogP contribution >= 0.6 is 0 Å². The number of aromatic nitrogens is 4. The molecule has 0 spiro atoms. The lowest BCUT2D eigenvalue weighted by Gasteiger charge is -2.05. The van der Waals surface area contributed by atoms with Crippen LogP contribution in [0.1, 0.15) is 5.56 Å². The molecular formula is C15H15FN4O4S. The molecule has 25 heavy (non-hydrogen) atoms. The predicted octanol–water partition coefficient (Wildman–Crippen LogP) is 0.0837. The second kappa shape index (κ2) is 5.66. The van der Waals surface area contributed by atoms with Crippen LogP contribution in [0.15, 0.2) is 39.0 Å². The summed E-state index contributed by atoms with van der Waals surface area (Å²) in [6.07, 6.45) is 0. The molecule has 0 fully saturated rings. The maximum Gasteiger partial charge on any atom is 0.332 e. The highest BCUT2D eigenvalue weighted by Gasteiger charge is 2.26. The van der Waals surface area contributed by atoms with Gasteiger partial charge in [-0.15, -0.1) is 0 Å². The van der Waals surface area contributed by atoms with Crippen LogP contribution in [0.2, 0.25) is 0 Å². The number of nitrogens with zero attached hydrogens (tertiary/aromatic N) is 4. The molecule has 0 unspecified atom stereocenters. The lowest BCUT2D eigenvalue weighted by Crippen LogP contribution is -2.37. The number of hydrogen-bond donors (Lipinski definition) is 0. The number of imidazole rings is 1. The summed E-state index contributed by atoms with van der Waals surface area (Å²) in [5.74, 6) is -1.25. The average Bonchev–Trinajstić information content (AvgIpc) is 2.91. The number of sulfone groups is 1. The van der Waals surface area contributed by atoms with Crippen LogP contribution < -0.4 is 11.2 Å². The second-order valence-electron chi connectivity index (χ2n) is 5.68. The fraction of sp³-hybridized carbons (Fsp3) is 0.267. The standard InChI is InChI=1S/C15H15FN4O4S/c1-18-11-12(19(2)15(22)20(3)13(11)21)17-14(18)25(23,24)8-9-6-4-5-7-10(9)16/h4-7H,8H2,1-3H3. The Morgan fingerprint density at radius 3 is 2.32 bits per heavy atom. The van der Waals surface area contributed by atoms with Gasteiger partial charge in [-0.2, -0.15) is 4.98 Å². The van der Waals surface area contributed by atoms with Crippen molar-refractivity contribution < 1.29 is 12.8 Å². The highest BCUT2D eigenvalue weighted by molar-refractivity contribution is 7.90. The van der Waals surface area contributed by atoms with Crippen molar-refractivity contribution in [1.29, 1.82) is 0 Å². The van der Waals surface area contributed by atoms with Crippen LogP contribution in [0, 0.1) is 5.82 Å². The van der Waals surface area contributed by atoms with Gasteiger partial charge in [-0.25, -0.2) is 17.6 Å². The fourth-order valence-electron chi connectivity index (χ4n) is 2.66. The maximum atomic E-state index is 13.8. The molecule has 0 saturated carbocycles. The number of halogens is 1. The Balaban J connectivity index is 2.26. The minimum atomic E-state index is -4.04. The van der Waals surface area contributed by atoms with Crippen molar-refractivity contribution in [2.75, 3.05) is 0 Å². The van der Waals surface area contributed by atoms with E-state index in [0.717, 1.165) is 13.7 Å². The largest absolute Gasteiger partial charge is 0.332 e. The van der Waals surface area contributed by atoms with Crippen LogP contribution in [0.4, 0.5) is 4.39 Å². The Labute approximate surface area is 141 Å². The van der Waals surface area contributed by atoms with Gasteiger partial charge in [0, 0.05) is 26.7 Å². The van der Waals surface area contributed by atoms with E-state index < -0.39 is 37.8 Å². The van der Waals surface area contributed by atoms with Crippen molar-refractivity contribution in [3.63, 3.8) is 0 Å². The number of hydrogen-bond acceptors (Lipinski definition) is 5. The van der Waals surface area contributed by atoms with Crippen molar-refractivity contribution in [3.05, 3.63) is 56.5 Å². The molecule has 2 aromatic heterocycles. The zero-order valence-corrected chi connectivity index (χ0v) is 14.5. The molecule has 0 bridgehead atoms. The van der Waals surface area contributed by atoms with Gasteiger partial charge in [-0.05, 0) is 6.07 Å². The summed E-state index contributed by atoms with van der Waals surface area (Å²) >= 11 is 0. The first-order chi connectivity index (χ1) is 11.6. The summed E-state index contributed by atoms with van der Waals surface area (Å²) in [6, 6.07) is 5.52. The molecule has 0 saturated heterocycles. The van der Waals surface area contributed by atoms with Crippen LogP contribution in [-0.4, -0.2) is 27.1 Å². The Bertz CT molecular complexity index is 1220. The maximum absolute atomic E-state index is 13.8. The quantitative estimate of drug-likeness (QED) is 0.654. The lowest BCUT2D eigenvalue weighted by atomic mass is 10.2. The molecule has 0 radical (unpaired) electrons. The van der Waals surface area contributed by atoms with E-state index in [1.54, 1.807) is 0 Å². The van der Waals surface area contributed by atoms with E-state index in [1.807, 2.05) is 0 Å². The van der Waals surface area contributed by atoms with Gasteiger partial charge < -0.3 is 4.57 Å².